The van der Waals surface area contributed by atoms with Crippen LogP contribution in [0.5, 0.6) is 0 Å². The van der Waals surface area contributed by atoms with Gasteiger partial charge < -0.3 is 5.32 Å². The number of nitrogens with zero attached hydrogens (tertiary/aromatic N) is 5. The van der Waals surface area contributed by atoms with Crippen LogP contribution in [-0.4, -0.2) is 50.4 Å². The van der Waals surface area contributed by atoms with Gasteiger partial charge in [-0.2, -0.15) is 10.1 Å². The Kier molecular flexibility index (Phi) is 6.92. The number of nitrogens with one attached hydrogen (secondary N) is 1. The Morgan fingerprint density at radius 1 is 1.18 bits per heavy atom. The fraction of sp³-hybridized carbons (Fsp3) is 0.185. The Morgan fingerprint density at radius 3 is 2.67 bits per heavy atom. The molecule has 39 heavy (non-hydrogen) atoms. The molecule has 1 unspecified atom stereocenters. The molecule has 198 valence electrons. The molecular weight excluding hydrogens is 530 g/mol. The van der Waals surface area contributed by atoms with E-state index < -0.39 is 29.7 Å². The second kappa shape index (κ2) is 10.3. The van der Waals surface area contributed by atoms with Gasteiger partial charge in [0, 0.05) is 13.6 Å². The molecule has 1 aliphatic heterocycles. The summed E-state index contributed by atoms with van der Waals surface area (Å²) in [5.74, 6) is -2.68. The minimum atomic E-state index is -1.61. The normalized spacial score (nSPS) is 17.5. The van der Waals surface area contributed by atoms with E-state index in [4.69, 9.17) is 11.6 Å². The maximum Gasteiger partial charge on any atom is 0.350 e. The number of aryl methyl sites for hydroxylation is 1. The van der Waals surface area contributed by atoms with Gasteiger partial charge in [-0.3, -0.25) is 9.59 Å². The van der Waals surface area contributed by atoms with Crippen LogP contribution >= 0.6 is 11.6 Å². The smallest absolute Gasteiger partial charge is 0.350 e. The number of alkyl halides is 1. The van der Waals surface area contributed by atoms with Crippen LogP contribution in [0.25, 0.3) is 5.69 Å². The fourth-order valence-corrected chi connectivity index (χ4v) is 4.63. The monoisotopic (exact) mass is 550 g/mol. The Hall–Kier alpha value is -4.51. The van der Waals surface area contributed by atoms with Crippen LogP contribution in [-0.2, 0) is 11.8 Å². The van der Waals surface area contributed by atoms with Crippen LogP contribution in [0.15, 0.2) is 86.9 Å². The third-order valence-corrected chi connectivity index (χ3v) is 6.73. The summed E-state index contributed by atoms with van der Waals surface area (Å²) in [5.41, 5.74) is 1.09. The van der Waals surface area contributed by atoms with Crippen molar-refractivity contribution < 1.29 is 18.4 Å². The molecule has 0 spiro atoms. The van der Waals surface area contributed by atoms with Crippen LogP contribution in [0.1, 0.15) is 28.8 Å². The quantitative estimate of drug-likeness (QED) is 0.506. The van der Waals surface area contributed by atoms with Gasteiger partial charge in [0.2, 0.25) is 0 Å². The van der Waals surface area contributed by atoms with Gasteiger partial charge in [-0.05, 0) is 54.5 Å². The molecule has 0 radical (unpaired) electrons. The fourth-order valence-electron chi connectivity index (χ4n) is 4.37. The predicted octanol–water partition coefficient (Wildman–Crippen LogP) is 3.48. The van der Waals surface area contributed by atoms with E-state index in [-0.39, 0.29) is 39.9 Å². The first kappa shape index (κ1) is 26.1. The summed E-state index contributed by atoms with van der Waals surface area (Å²) in [6, 6.07) is 10.0. The lowest BCUT2D eigenvalue weighted by molar-refractivity contribution is -0.114. The standard InChI is InChI=1S/C27H21ClF2N6O3/c1-14-6-9-21(30)23-22(14)26(38)34-24(33-23)19(15-4-3-5-16(29)10-15)12-31-25(37)18-8-7-17(11-20(18)28)36-13-32-35(2)27(36)39/h3-11,13,19,21H,12H2,1-2H3,(H,31,37)/t19-,21?/m0/s1. The number of allylic oxidation sites excluding steroid dienone is 3. The molecule has 5 rings (SSSR count). The second-order valence-electron chi connectivity index (χ2n) is 8.98. The van der Waals surface area contributed by atoms with E-state index in [9.17, 15) is 23.2 Å². The lowest BCUT2D eigenvalue weighted by atomic mass is 9.91. The molecule has 0 fully saturated rings. The SMILES string of the molecule is CC1=C2C(=O)N=C([C@@H](CNC(=O)c3ccc(-n4cnn(C)c4=O)cc3Cl)c3cccc(F)c3)N=C2C(F)C=C1. The number of amidine groups is 1. The highest BCUT2D eigenvalue weighted by atomic mass is 35.5. The predicted molar refractivity (Wildman–Crippen MR) is 142 cm³/mol. The van der Waals surface area contributed by atoms with Crippen molar-refractivity contribution in [2.24, 2.45) is 17.0 Å². The number of rotatable bonds is 6. The summed E-state index contributed by atoms with van der Waals surface area (Å²) in [5, 5.41) is 6.69. The van der Waals surface area contributed by atoms with Gasteiger partial charge in [0.05, 0.1) is 33.5 Å². The number of halogens is 3. The molecular formula is C27H21ClF2N6O3. The van der Waals surface area contributed by atoms with Crippen LogP contribution in [0.2, 0.25) is 5.02 Å². The third kappa shape index (κ3) is 5.00. The van der Waals surface area contributed by atoms with Crippen molar-refractivity contribution >= 4 is 35.0 Å². The first-order chi connectivity index (χ1) is 18.6. The Labute approximate surface area is 225 Å². The average Bonchev–Trinajstić information content (AvgIpc) is 3.24. The maximum atomic E-state index is 14.7. The third-order valence-electron chi connectivity index (χ3n) is 6.42. The molecule has 1 aromatic heterocycles. The van der Waals surface area contributed by atoms with Crippen LogP contribution in [0.3, 0.4) is 0 Å². The summed E-state index contributed by atoms with van der Waals surface area (Å²) in [4.78, 5) is 46.5. The number of fused-ring (bicyclic) bond motifs is 1. The number of carbonyl (C=O) groups excluding carboxylic acids is 2. The highest BCUT2D eigenvalue weighted by molar-refractivity contribution is 6.34. The van der Waals surface area contributed by atoms with Crippen molar-refractivity contribution in [3.8, 4) is 5.69 Å². The molecule has 9 nitrogen and oxygen atoms in total. The molecule has 1 N–H and O–H groups in total. The van der Waals surface area contributed by atoms with Gasteiger partial charge in [0.15, 0.2) is 6.17 Å². The van der Waals surface area contributed by atoms with E-state index >= 15 is 0 Å². The van der Waals surface area contributed by atoms with E-state index in [0.717, 1.165) is 4.68 Å². The van der Waals surface area contributed by atoms with Crippen molar-refractivity contribution in [3.05, 3.63) is 105 Å². The van der Waals surface area contributed by atoms with E-state index in [1.165, 1.54) is 66.5 Å². The number of aliphatic imine (C=N–C) groups is 2. The van der Waals surface area contributed by atoms with Gasteiger partial charge >= 0.3 is 5.69 Å². The molecule has 2 amide bonds. The first-order valence-electron chi connectivity index (χ1n) is 11.8. The molecule has 2 heterocycles. The molecule has 3 aromatic rings. The van der Waals surface area contributed by atoms with Gasteiger partial charge in [-0.15, -0.1) is 0 Å². The highest BCUT2D eigenvalue weighted by Crippen LogP contribution is 2.28. The molecule has 0 saturated carbocycles. The lowest BCUT2D eigenvalue weighted by Crippen LogP contribution is -2.36. The van der Waals surface area contributed by atoms with E-state index in [1.54, 1.807) is 13.0 Å². The number of carbonyl (C=O) groups is 2. The zero-order valence-electron chi connectivity index (χ0n) is 20.7. The van der Waals surface area contributed by atoms with E-state index in [2.05, 4.69) is 20.4 Å². The molecule has 1 aliphatic carbocycles. The number of hydrogen-bond acceptors (Lipinski definition) is 5. The van der Waals surface area contributed by atoms with E-state index in [0.29, 0.717) is 16.8 Å². The summed E-state index contributed by atoms with van der Waals surface area (Å²) < 4.78 is 31.2. The summed E-state index contributed by atoms with van der Waals surface area (Å²) in [6.45, 7) is 1.52. The van der Waals surface area contributed by atoms with Crippen LogP contribution < -0.4 is 11.0 Å². The number of hydrogen-bond donors (Lipinski definition) is 1. The number of benzene rings is 2. The molecule has 12 heteroatoms. The van der Waals surface area contributed by atoms with Crippen LogP contribution in [0.4, 0.5) is 8.78 Å². The van der Waals surface area contributed by atoms with Crippen molar-refractivity contribution in [1.82, 2.24) is 19.7 Å². The molecule has 2 aromatic carbocycles. The van der Waals surface area contributed by atoms with Gasteiger partial charge in [0.25, 0.3) is 11.8 Å². The summed E-state index contributed by atoms with van der Waals surface area (Å²) >= 11 is 6.36. The first-order valence-corrected chi connectivity index (χ1v) is 12.2. The zero-order chi connectivity index (χ0) is 27.8. The van der Waals surface area contributed by atoms with Crippen molar-refractivity contribution in [2.45, 2.75) is 19.0 Å². The number of amides is 2. The van der Waals surface area contributed by atoms with Crippen molar-refractivity contribution in [1.29, 1.82) is 0 Å². The van der Waals surface area contributed by atoms with Gasteiger partial charge in [-0.25, -0.2) is 27.8 Å². The minimum absolute atomic E-state index is 0.0483. The molecule has 2 aliphatic rings. The largest absolute Gasteiger partial charge is 0.351 e. The Balaban J connectivity index is 1.43. The Bertz CT molecular complexity index is 1700. The van der Waals surface area contributed by atoms with Gasteiger partial charge in [0.1, 0.15) is 18.0 Å². The topological polar surface area (TPSA) is 111 Å². The van der Waals surface area contributed by atoms with Crippen molar-refractivity contribution in [2.75, 3.05) is 6.54 Å². The minimum Gasteiger partial charge on any atom is -0.351 e. The molecule has 2 atom stereocenters. The molecule has 0 saturated heterocycles. The highest BCUT2D eigenvalue weighted by Gasteiger charge is 2.34. The number of aromatic nitrogens is 3. The van der Waals surface area contributed by atoms with E-state index in [1.807, 2.05) is 0 Å². The van der Waals surface area contributed by atoms with Gasteiger partial charge in [-0.1, -0.05) is 29.8 Å². The lowest BCUT2D eigenvalue weighted by Gasteiger charge is -2.24. The Morgan fingerprint density at radius 2 is 1.97 bits per heavy atom. The maximum absolute atomic E-state index is 14.7. The average molecular weight is 551 g/mol. The zero-order valence-corrected chi connectivity index (χ0v) is 21.5. The second-order valence-corrected chi connectivity index (χ2v) is 9.39. The summed E-state index contributed by atoms with van der Waals surface area (Å²) in [7, 11) is 1.50. The van der Waals surface area contributed by atoms with Crippen LogP contribution in [0, 0.1) is 5.82 Å². The molecule has 0 bridgehead atoms. The summed E-state index contributed by atoms with van der Waals surface area (Å²) in [6.07, 6.45) is 2.52. The van der Waals surface area contributed by atoms with Crippen molar-refractivity contribution in [3.63, 3.8) is 0 Å².